The van der Waals surface area contributed by atoms with Crippen molar-refractivity contribution in [2.24, 2.45) is 0 Å². The van der Waals surface area contributed by atoms with Crippen LogP contribution in [0.15, 0.2) is 41.0 Å². The molecular formula is C13H7F3N2O2S. The van der Waals surface area contributed by atoms with E-state index in [-0.39, 0.29) is 16.4 Å². The molecule has 1 aromatic carbocycles. The first-order chi connectivity index (χ1) is 9.95. The van der Waals surface area contributed by atoms with Gasteiger partial charge in [0.25, 0.3) is 5.91 Å². The lowest BCUT2D eigenvalue weighted by molar-refractivity contribution is -0.136. The fourth-order valence-electron chi connectivity index (χ4n) is 1.80. The Morgan fingerprint density at radius 2 is 2.05 bits per heavy atom. The Morgan fingerprint density at radius 3 is 2.71 bits per heavy atom. The number of anilines is 1. The maximum atomic E-state index is 12.9. The lowest BCUT2D eigenvalue weighted by atomic mass is 10.2. The molecule has 0 atom stereocenters. The van der Waals surface area contributed by atoms with E-state index in [2.05, 4.69) is 10.3 Å². The van der Waals surface area contributed by atoms with Crippen LogP contribution in [0.3, 0.4) is 0 Å². The van der Waals surface area contributed by atoms with Gasteiger partial charge in [0.2, 0.25) is 0 Å². The maximum Gasteiger partial charge on any atom is 0.418 e. The molecule has 0 spiro atoms. The van der Waals surface area contributed by atoms with Crippen molar-refractivity contribution >= 4 is 32.6 Å². The first kappa shape index (κ1) is 13.6. The summed E-state index contributed by atoms with van der Waals surface area (Å²) >= 11 is 0.968. The number of halogens is 3. The minimum Gasteiger partial charge on any atom is -0.459 e. The van der Waals surface area contributed by atoms with Gasteiger partial charge in [-0.1, -0.05) is 17.4 Å². The number of carbonyl (C=O) groups is 1. The molecule has 0 aliphatic heterocycles. The molecule has 3 aromatic rings. The molecule has 1 amide bonds. The second-order valence-corrected chi connectivity index (χ2v) is 5.13. The summed E-state index contributed by atoms with van der Waals surface area (Å²) in [5.41, 5.74) is -1.00. The van der Waals surface area contributed by atoms with Gasteiger partial charge in [-0.15, -0.1) is 0 Å². The third-order valence-corrected chi connectivity index (χ3v) is 3.63. The van der Waals surface area contributed by atoms with Gasteiger partial charge in [-0.2, -0.15) is 13.2 Å². The molecule has 1 N–H and O–H groups in total. The third kappa shape index (κ3) is 2.62. The number of nitrogens with zero attached hydrogens (tertiary/aromatic N) is 1. The smallest absolute Gasteiger partial charge is 0.418 e. The normalized spacial score (nSPS) is 11.8. The zero-order valence-electron chi connectivity index (χ0n) is 10.3. The standard InChI is InChI=1S/C13H7F3N2O2S/c14-13(15,16)7-3-1-5-9-10(7)17-12(21-9)18-11(19)8-4-2-6-20-8/h1-6H,(H,17,18,19). The molecule has 0 fully saturated rings. The minimum atomic E-state index is -4.49. The molecule has 0 aliphatic carbocycles. The average Bonchev–Trinajstić information content (AvgIpc) is 3.05. The number of para-hydroxylation sites is 1. The summed E-state index contributed by atoms with van der Waals surface area (Å²) in [6, 6.07) is 6.77. The van der Waals surface area contributed by atoms with Crippen molar-refractivity contribution in [1.29, 1.82) is 0 Å². The number of hydrogen-bond acceptors (Lipinski definition) is 4. The highest BCUT2D eigenvalue weighted by molar-refractivity contribution is 7.22. The van der Waals surface area contributed by atoms with Crippen LogP contribution in [0.4, 0.5) is 18.3 Å². The number of hydrogen-bond donors (Lipinski definition) is 1. The van der Waals surface area contributed by atoms with Gasteiger partial charge in [0.05, 0.1) is 22.0 Å². The molecule has 0 bridgehead atoms. The average molecular weight is 312 g/mol. The van der Waals surface area contributed by atoms with Gasteiger partial charge in [-0.25, -0.2) is 4.98 Å². The number of aromatic nitrogens is 1. The van der Waals surface area contributed by atoms with Gasteiger partial charge in [-0.05, 0) is 24.3 Å². The molecule has 0 radical (unpaired) electrons. The Labute approximate surface area is 120 Å². The quantitative estimate of drug-likeness (QED) is 0.773. The minimum absolute atomic E-state index is 0.0605. The third-order valence-electron chi connectivity index (χ3n) is 2.69. The molecule has 4 nitrogen and oxygen atoms in total. The first-order valence-electron chi connectivity index (χ1n) is 5.77. The van der Waals surface area contributed by atoms with E-state index < -0.39 is 17.6 Å². The summed E-state index contributed by atoms with van der Waals surface area (Å²) in [6.07, 6.45) is -3.16. The van der Waals surface area contributed by atoms with Crippen molar-refractivity contribution in [2.45, 2.75) is 6.18 Å². The number of rotatable bonds is 2. The molecule has 2 heterocycles. The second-order valence-electron chi connectivity index (χ2n) is 4.10. The van der Waals surface area contributed by atoms with Crippen LogP contribution in [-0.2, 0) is 6.18 Å². The van der Waals surface area contributed by atoms with E-state index in [1.54, 1.807) is 0 Å². The highest BCUT2D eigenvalue weighted by atomic mass is 32.1. The SMILES string of the molecule is O=C(Nc1nc2c(C(F)(F)F)cccc2s1)c1ccco1. The van der Waals surface area contributed by atoms with Gasteiger partial charge < -0.3 is 4.42 Å². The molecule has 0 aliphatic rings. The fourth-order valence-corrected chi connectivity index (χ4v) is 2.69. The highest BCUT2D eigenvalue weighted by Crippen LogP contribution is 2.37. The number of thiazole rings is 1. The van der Waals surface area contributed by atoms with Gasteiger partial charge in [0.1, 0.15) is 0 Å². The van der Waals surface area contributed by atoms with Crippen molar-refractivity contribution < 1.29 is 22.4 Å². The predicted octanol–water partition coefficient (Wildman–Crippen LogP) is 4.16. The molecular weight excluding hydrogens is 305 g/mol. The summed E-state index contributed by atoms with van der Waals surface area (Å²) in [5, 5.41) is 2.51. The van der Waals surface area contributed by atoms with Crippen molar-refractivity contribution in [1.82, 2.24) is 4.98 Å². The van der Waals surface area contributed by atoms with Crippen LogP contribution in [-0.4, -0.2) is 10.9 Å². The summed E-state index contributed by atoms with van der Waals surface area (Å²) < 4.78 is 43.9. The van der Waals surface area contributed by atoms with Crippen LogP contribution in [0.25, 0.3) is 10.2 Å². The van der Waals surface area contributed by atoms with E-state index in [4.69, 9.17) is 4.42 Å². The van der Waals surface area contributed by atoms with E-state index in [1.807, 2.05) is 0 Å². The summed E-state index contributed by atoms with van der Waals surface area (Å²) in [7, 11) is 0. The van der Waals surface area contributed by atoms with Crippen molar-refractivity contribution in [3.05, 3.63) is 47.9 Å². The van der Waals surface area contributed by atoms with Crippen LogP contribution < -0.4 is 5.32 Å². The lowest BCUT2D eigenvalue weighted by Crippen LogP contribution is -2.10. The topological polar surface area (TPSA) is 55.1 Å². The Bertz CT molecular complexity index is 793. The molecule has 8 heteroatoms. The van der Waals surface area contributed by atoms with Gasteiger partial charge in [0, 0.05) is 0 Å². The largest absolute Gasteiger partial charge is 0.459 e. The van der Waals surface area contributed by atoms with E-state index >= 15 is 0 Å². The molecule has 0 unspecified atom stereocenters. The Kier molecular flexibility index (Phi) is 3.17. The van der Waals surface area contributed by atoms with Gasteiger partial charge >= 0.3 is 6.18 Å². The van der Waals surface area contributed by atoms with Crippen LogP contribution in [0.1, 0.15) is 16.1 Å². The number of fused-ring (bicyclic) bond motifs is 1. The van der Waals surface area contributed by atoms with Crippen molar-refractivity contribution in [2.75, 3.05) is 5.32 Å². The number of alkyl halides is 3. The lowest BCUT2D eigenvalue weighted by Gasteiger charge is -2.05. The number of carbonyl (C=O) groups excluding carboxylic acids is 1. The van der Waals surface area contributed by atoms with E-state index in [9.17, 15) is 18.0 Å². The molecule has 0 saturated heterocycles. The van der Waals surface area contributed by atoms with E-state index in [0.717, 1.165) is 17.4 Å². The summed E-state index contributed by atoms with van der Waals surface area (Å²) in [6.45, 7) is 0. The highest BCUT2D eigenvalue weighted by Gasteiger charge is 2.33. The number of furan rings is 1. The molecule has 21 heavy (non-hydrogen) atoms. The Morgan fingerprint density at radius 1 is 1.24 bits per heavy atom. The summed E-state index contributed by atoms with van der Waals surface area (Å²) in [4.78, 5) is 15.6. The van der Waals surface area contributed by atoms with Gasteiger partial charge in [-0.3, -0.25) is 10.1 Å². The van der Waals surface area contributed by atoms with Crippen LogP contribution in [0, 0.1) is 0 Å². The zero-order valence-corrected chi connectivity index (χ0v) is 11.1. The van der Waals surface area contributed by atoms with E-state index in [1.165, 1.54) is 30.5 Å². The monoisotopic (exact) mass is 312 g/mol. The summed E-state index contributed by atoms with van der Waals surface area (Å²) in [5.74, 6) is -0.502. The number of amides is 1. The number of benzene rings is 1. The molecule has 3 rings (SSSR count). The van der Waals surface area contributed by atoms with Crippen LogP contribution in [0.2, 0.25) is 0 Å². The number of nitrogens with one attached hydrogen (secondary N) is 1. The van der Waals surface area contributed by atoms with Gasteiger partial charge in [0.15, 0.2) is 10.9 Å². The van der Waals surface area contributed by atoms with Crippen LogP contribution >= 0.6 is 11.3 Å². The Balaban J connectivity index is 1.97. The van der Waals surface area contributed by atoms with E-state index in [0.29, 0.717) is 4.70 Å². The second kappa shape index (κ2) is 4.88. The molecule has 2 aromatic heterocycles. The Hall–Kier alpha value is -2.35. The van der Waals surface area contributed by atoms with Crippen molar-refractivity contribution in [3.63, 3.8) is 0 Å². The fraction of sp³-hybridized carbons (Fsp3) is 0.0769. The first-order valence-corrected chi connectivity index (χ1v) is 6.58. The molecule has 0 saturated carbocycles. The van der Waals surface area contributed by atoms with Crippen molar-refractivity contribution in [3.8, 4) is 0 Å². The predicted molar refractivity (Wildman–Crippen MR) is 71.3 cm³/mol. The molecule has 108 valence electrons. The van der Waals surface area contributed by atoms with Crippen LogP contribution in [0.5, 0.6) is 0 Å². The zero-order chi connectivity index (χ0) is 15.0. The maximum absolute atomic E-state index is 12.9.